The number of ether oxygens (including phenoxy) is 1. The van der Waals surface area contributed by atoms with Gasteiger partial charge in [0.15, 0.2) is 0 Å². The number of rotatable bonds is 5. The summed E-state index contributed by atoms with van der Waals surface area (Å²) in [6.07, 6.45) is -2.66. The first-order valence-electron chi connectivity index (χ1n) is 6.19. The largest absolute Gasteiger partial charge is 0.573 e. The van der Waals surface area contributed by atoms with Crippen LogP contribution in [-0.4, -0.2) is 12.6 Å². The van der Waals surface area contributed by atoms with E-state index >= 15 is 0 Å². The summed E-state index contributed by atoms with van der Waals surface area (Å²) in [6.45, 7) is 0.532. The van der Waals surface area contributed by atoms with Crippen molar-refractivity contribution in [2.45, 2.75) is 17.8 Å². The van der Waals surface area contributed by atoms with Crippen molar-refractivity contribution in [3.8, 4) is 5.75 Å². The highest BCUT2D eigenvalue weighted by Gasteiger charge is 2.30. The summed E-state index contributed by atoms with van der Waals surface area (Å²) in [5.74, 6) is -0.212. The topological polar surface area (TPSA) is 21.3 Å². The minimum absolute atomic E-state index is 0.212. The molecule has 2 rings (SSSR count). The maximum Gasteiger partial charge on any atom is 0.573 e. The van der Waals surface area contributed by atoms with Gasteiger partial charge in [0.1, 0.15) is 5.75 Å². The van der Waals surface area contributed by atoms with Crippen molar-refractivity contribution < 1.29 is 17.9 Å². The molecule has 0 aliphatic rings. The molecule has 0 radical (unpaired) electrons. The molecule has 1 N–H and O–H groups in total. The second-order valence-electron chi connectivity index (χ2n) is 4.28. The lowest BCUT2D eigenvalue weighted by atomic mass is 10.2. The summed E-state index contributed by atoms with van der Waals surface area (Å²) in [5, 5.41) is 3.23. The van der Waals surface area contributed by atoms with E-state index in [1.807, 2.05) is 30.5 Å². The molecule has 0 saturated heterocycles. The molecule has 0 saturated carbocycles. The summed E-state index contributed by atoms with van der Waals surface area (Å²) < 4.78 is 40.0. The Hall–Kier alpha value is -1.82. The number of nitrogens with one attached hydrogen (secondary N) is 1. The molecule has 6 heteroatoms. The van der Waals surface area contributed by atoms with Gasteiger partial charge in [0.25, 0.3) is 0 Å². The van der Waals surface area contributed by atoms with E-state index in [0.717, 1.165) is 16.1 Å². The molecule has 0 fully saturated rings. The molecule has 2 aromatic rings. The molecule has 21 heavy (non-hydrogen) atoms. The third-order valence-electron chi connectivity index (χ3n) is 2.72. The first-order chi connectivity index (χ1) is 9.96. The Morgan fingerprint density at radius 2 is 1.81 bits per heavy atom. The number of thioether (sulfide) groups is 1. The Balaban J connectivity index is 1.94. The molecule has 0 amide bonds. The Morgan fingerprint density at radius 3 is 2.43 bits per heavy atom. The maximum atomic E-state index is 12.0. The van der Waals surface area contributed by atoms with Crippen LogP contribution in [0.15, 0.2) is 53.4 Å². The minimum Gasteiger partial charge on any atom is -0.406 e. The fraction of sp³-hybridized carbons (Fsp3) is 0.200. The fourth-order valence-corrected chi connectivity index (χ4v) is 2.21. The fourth-order valence-electron chi connectivity index (χ4n) is 1.75. The van der Waals surface area contributed by atoms with Crippen molar-refractivity contribution in [2.75, 3.05) is 11.6 Å². The molecule has 0 unspecified atom stereocenters. The predicted molar refractivity (Wildman–Crippen MR) is 78.7 cm³/mol. The van der Waals surface area contributed by atoms with E-state index < -0.39 is 6.36 Å². The van der Waals surface area contributed by atoms with Crippen LogP contribution in [0, 0.1) is 0 Å². The molecular formula is C15H14F3NOS. The van der Waals surface area contributed by atoms with Gasteiger partial charge in [-0.05, 0) is 42.2 Å². The molecule has 0 spiro atoms. The number of halogens is 3. The number of hydrogen-bond donors (Lipinski definition) is 1. The second-order valence-corrected chi connectivity index (χ2v) is 5.16. The predicted octanol–water partition coefficient (Wildman–Crippen LogP) is 4.92. The van der Waals surface area contributed by atoms with Crippen molar-refractivity contribution in [1.29, 1.82) is 0 Å². The Morgan fingerprint density at radius 1 is 1.10 bits per heavy atom. The zero-order chi connectivity index (χ0) is 15.3. The van der Waals surface area contributed by atoms with Crippen LogP contribution in [0.4, 0.5) is 18.9 Å². The average molecular weight is 313 g/mol. The zero-order valence-electron chi connectivity index (χ0n) is 11.3. The van der Waals surface area contributed by atoms with Crippen LogP contribution in [0.25, 0.3) is 0 Å². The standard InChI is InChI=1S/C15H14F3NOS/c1-21-14-4-2-3-12(9-14)19-10-11-5-7-13(8-6-11)20-15(16,17)18/h2-9,19H,10H2,1H3. The number of alkyl halides is 3. The molecule has 2 aromatic carbocycles. The van der Waals surface area contributed by atoms with Crippen molar-refractivity contribution in [3.63, 3.8) is 0 Å². The third kappa shape index (κ3) is 5.23. The van der Waals surface area contributed by atoms with E-state index in [2.05, 4.69) is 10.1 Å². The van der Waals surface area contributed by atoms with E-state index in [9.17, 15) is 13.2 Å². The lowest BCUT2D eigenvalue weighted by Gasteiger charge is -2.10. The van der Waals surface area contributed by atoms with Crippen molar-refractivity contribution in [2.24, 2.45) is 0 Å². The van der Waals surface area contributed by atoms with Gasteiger partial charge in [-0.25, -0.2) is 0 Å². The smallest absolute Gasteiger partial charge is 0.406 e. The average Bonchev–Trinajstić information content (AvgIpc) is 2.45. The number of hydrogen-bond acceptors (Lipinski definition) is 3. The molecule has 0 aromatic heterocycles. The SMILES string of the molecule is CSc1cccc(NCc2ccc(OC(F)(F)F)cc2)c1. The minimum atomic E-state index is -4.65. The van der Waals surface area contributed by atoms with Crippen LogP contribution >= 0.6 is 11.8 Å². The van der Waals surface area contributed by atoms with Gasteiger partial charge in [-0.2, -0.15) is 0 Å². The van der Waals surface area contributed by atoms with Gasteiger partial charge >= 0.3 is 6.36 Å². The summed E-state index contributed by atoms with van der Waals surface area (Å²) in [7, 11) is 0. The van der Waals surface area contributed by atoms with Crippen LogP contribution in [0.2, 0.25) is 0 Å². The summed E-state index contributed by atoms with van der Waals surface area (Å²) in [4.78, 5) is 1.15. The van der Waals surface area contributed by atoms with Gasteiger partial charge in [0, 0.05) is 17.1 Å². The van der Waals surface area contributed by atoms with Gasteiger partial charge in [-0.3, -0.25) is 0 Å². The van der Waals surface area contributed by atoms with Crippen LogP contribution < -0.4 is 10.1 Å². The molecule has 112 valence electrons. The normalized spacial score (nSPS) is 11.2. The molecule has 0 aliphatic heterocycles. The van der Waals surface area contributed by atoms with E-state index in [4.69, 9.17) is 0 Å². The molecule has 0 aliphatic carbocycles. The van der Waals surface area contributed by atoms with Gasteiger partial charge in [-0.15, -0.1) is 24.9 Å². The quantitative estimate of drug-likeness (QED) is 0.792. The van der Waals surface area contributed by atoms with Crippen LogP contribution in [0.5, 0.6) is 5.75 Å². The molecule has 2 nitrogen and oxygen atoms in total. The summed E-state index contributed by atoms with van der Waals surface area (Å²) >= 11 is 1.65. The van der Waals surface area contributed by atoms with Gasteiger partial charge in [-0.1, -0.05) is 18.2 Å². The van der Waals surface area contributed by atoms with E-state index in [-0.39, 0.29) is 5.75 Å². The molecule has 0 atom stereocenters. The highest BCUT2D eigenvalue weighted by atomic mass is 32.2. The third-order valence-corrected chi connectivity index (χ3v) is 3.45. The monoisotopic (exact) mass is 313 g/mol. The van der Waals surface area contributed by atoms with Gasteiger partial charge in [0.2, 0.25) is 0 Å². The molecule has 0 bridgehead atoms. The summed E-state index contributed by atoms with van der Waals surface area (Å²) in [6, 6.07) is 13.8. The molecular weight excluding hydrogens is 299 g/mol. The first kappa shape index (κ1) is 15.6. The zero-order valence-corrected chi connectivity index (χ0v) is 12.1. The number of anilines is 1. The van der Waals surface area contributed by atoms with E-state index in [1.54, 1.807) is 23.9 Å². The van der Waals surface area contributed by atoms with E-state index in [1.165, 1.54) is 12.1 Å². The Bertz CT molecular complexity index is 584. The summed E-state index contributed by atoms with van der Waals surface area (Å²) in [5.41, 5.74) is 1.84. The second kappa shape index (κ2) is 6.76. The lowest BCUT2D eigenvalue weighted by Crippen LogP contribution is -2.17. The Labute approximate surface area is 125 Å². The highest BCUT2D eigenvalue weighted by Crippen LogP contribution is 2.23. The van der Waals surface area contributed by atoms with E-state index in [0.29, 0.717) is 6.54 Å². The van der Waals surface area contributed by atoms with Crippen LogP contribution in [-0.2, 0) is 6.54 Å². The Kier molecular flexibility index (Phi) is 5.01. The van der Waals surface area contributed by atoms with Crippen molar-refractivity contribution >= 4 is 17.4 Å². The van der Waals surface area contributed by atoms with Gasteiger partial charge in [0.05, 0.1) is 0 Å². The van der Waals surface area contributed by atoms with Gasteiger partial charge < -0.3 is 10.1 Å². The van der Waals surface area contributed by atoms with Crippen molar-refractivity contribution in [3.05, 3.63) is 54.1 Å². The lowest BCUT2D eigenvalue weighted by molar-refractivity contribution is -0.274. The highest BCUT2D eigenvalue weighted by molar-refractivity contribution is 7.98. The number of benzene rings is 2. The first-order valence-corrected chi connectivity index (χ1v) is 7.41. The van der Waals surface area contributed by atoms with Crippen LogP contribution in [0.3, 0.4) is 0 Å². The van der Waals surface area contributed by atoms with Crippen LogP contribution in [0.1, 0.15) is 5.56 Å². The van der Waals surface area contributed by atoms with Crippen molar-refractivity contribution in [1.82, 2.24) is 0 Å². The molecule has 0 heterocycles. The maximum absolute atomic E-state index is 12.0.